The van der Waals surface area contributed by atoms with Crippen LogP contribution in [0.25, 0.3) is 0 Å². The molecule has 0 bridgehead atoms. The normalized spacial score (nSPS) is 21.7. The summed E-state index contributed by atoms with van der Waals surface area (Å²) in [5, 5.41) is 2.90. The quantitative estimate of drug-likeness (QED) is 0.902. The molecule has 0 unspecified atom stereocenters. The van der Waals surface area contributed by atoms with Crippen LogP contribution in [-0.4, -0.2) is 24.7 Å². The molecule has 1 aromatic rings. The third-order valence-electron chi connectivity index (χ3n) is 3.68. The van der Waals surface area contributed by atoms with Gasteiger partial charge in [-0.15, -0.1) is 12.4 Å². The van der Waals surface area contributed by atoms with E-state index in [1.165, 1.54) is 5.56 Å². The lowest BCUT2D eigenvalue weighted by Crippen LogP contribution is -2.29. The molecule has 1 amide bonds. The van der Waals surface area contributed by atoms with Crippen LogP contribution in [0.1, 0.15) is 39.2 Å². The highest BCUT2D eigenvalue weighted by molar-refractivity contribution is 5.94. The number of nitrogens with two attached hydrogens (primary N) is 1. The minimum atomic E-state index is -0.370. The molecule has 1 saturated heterocycles. The lowest BCUT2D eigenvalue weighted by molar-refractivity contribution is -0.126. The third kappa shape index (κ3) is 4.70. The number of nitrogens with one attached hydrogen (secondary N) is 1. The van der Waals surface area contributed by atoms with Crippen LogP contribution in [-0.2, 0) is 14.9 Å². The van der Waals surface area contributed by atoms with Crippen molar-refractivity contribution in [2.45, 2.75) is 51.2 Å². The Morgan fingerprint density at radius 1 is 1.29 bits per heavy atom. The van der Waals surface area contributed by atoms with Gasteiger partial charge in [0.25, 0.3) is 5.91 Å². The molecule has 1 heterocycles. The van der Waals surface area contributed by atoms with Crippen molar-refractivity contribution in [3.8, 4) is 0 Å². The summed E-state index contributed by atoms with van der Waals surface area (Å²) in [6.07, 6.45) is 1.26. The summed E-state index contributed by atoms with van der Waals surface area (Å²) in [5.41, 5.74) is 7.72. The highest BCUT2D eigenvalue weighted by Gasteiger charge is 2.29. The second-order valence-corrected chi connectivity index (χ2v) is 6.38. The molecule has 21 heavy (non-hydrogen) atoms. The van der Waals surface area contributed by atoms with E-state index in [0.717, 1.165) is 18.5 Å². The molecule has 2 atom stereocenters. The zero-order valence-corrected chi connectivity index (χ0v) is 13.7. The fourth-order valence-corrected chi connectivity index (χ4v) is 2.35. The van der Waals surface area contributed by atoms with Crippen LogP contribution in [0.15, 0.2) is 24.3 Å². The van der Waals surface area contributed by atoms with Gasteiger partial charge in [-0.2, -0.15) is 0 Å². The lowest BCUT2D eigenvalue weighted by atomic mass is 9.87. The number of carbonyl (C=O) groups excluding carboxylic acids is 1. The van der Waals surface area contributed by atoms with Gasteiger partial charge in [-0.1, -0.05) is 32.9 Å². The molecule has 1 aliphatic rings. The van der Waals surface area contributed by atoms with Gasteiger partial charge in [0, 0.05) is 12.2 Å². The topological polar surface area (TPSA) is 64.4 Å². The summed E-state index contributed by atoms with van der Waals surface area (Å²) in [7, 11) is 0. The highest BCUT2D eigenvalue weighted by atomic mass is 35.5. The van der Waals surface area contributed by atoms with E-state index >= 15 is 0 Å². The van der Waals surface area contributed by atoms with E-state index in [0.29, 0.717) is 6.54 Å². The molecule has 0 radical (unpaired) electrons. The number of ether oxygens (including phenoxy) is 1. The van der Waals surface area contributed by atoms with E-state index in [1.54, 1.807) is 0 Å². The minimum Gasteiger partial charge on any atom is -0.364 e. The molecule has 0 saturated carbocycles. The summed E-state index contributed by atoms with van der Waals surface area (Å²) in [4.78, 5) is 12.1. The molecular formula is C16H25ClN2O2. The molecule has 1 aromatic carbocycles. The Labute approximate surface area is 132 Å². The summed E-state index contributed by atoms with van der Waals surface area (Å²) in [6.45, 7) is 6.98. The van der Waals surface area contributed by atoms with Crippen molar-refractivity contribution < 1.29 is 9.53 Å². The Kier molecular flexibility index (Phi) is 6.20. The molecule has 4 nitrogen and oxygen atoms in total. The second kappa shape index (κ2) is 7.25. The first-order chi connectivity index (χ1) is 9.40. The van der Waals surface area contributed by atoms with Gasteiger partial charge in [-0.05, 0) is 36.0 Å². The number of carbonyl (C=O) groups is 1. The third-order valence-corrected chi connectivity index (χ3v) is 3.68. The fourth-order valence-electron chi connectivity index (χ4n) is 2.35. The van der Waals surface area contributed by atoms with Gasteiger partial charge in [0.2, 0.25) is 0 Å². The van der Waals surface area contributed by atoms with Crippen molar-refractivity contribution in [1.82, 2.24) is 0 Å². The molecule has 0 aromatic heterocycles. The van der Waals surface area contributed by atoms with Gasteiger partial charge in [-0.25, -0.2) is 0 Å². The summed E-state index contributed by atoms with van der Waals surface area (Å²) in [6, 6.07) is 7.98. The van der Waals surface area contributed by atoms with E-state index in [2.05, 4.69) is 26.1 Å². The van der Waals surface area contributed by atoms with Crippen molar-refractivity contribution in [1.29, 1.82) is 0 Å². The van der Waals surface area contributed by atoms with E-state index in [-0.39, 0.29) is 35.9 Å². The van der Waals surface area contributed by atoms with Gasteiger partial charge < -0.3 is 15.8 Å². The zero-order chi connectivity index (χ0) is 14.8. The molecule has 1 fully saturated rings. The molecule has 5 heteroatoms. The predicted octanol–water partition coefficient (Wildman–Crippen LogP) is 2.85. The number of hydrogen-bond acceptors (Lipinski definition) is 3. The Morgan fingerprint density at radius 2 is 1.90 bits per heavy atom. The fraction of sp³-hybridized carbons (Fsp3) is 0.562. The molecule has 1 aliphatic heterocycles. The Morgan fingerprint density at radius 3 is 2.38 bits per heavy atom. The van der Waals surface area contributed by atoms with Gasteiger partial charge >= 0.3 is 0 Å². The number of anilines is 1. The first-order valence-corrected chi connectivity index (χ1v) is 7.17. The van der Waals surface area contributed by atoms with Crippen molar-refractivity contribution >= 4 is 24.0 Å². The van der Waals surface area contributed by atoms with Gasteiger partial charge in [0.1, 0.15) is 6.10 Å². The first kappa shape index (κ1) is 18.0. The van der Waals surface area contributed by atoms with Crippen molar-refractivity contribution in [3.63, 3.8) is 0 Å². The molecule has 2 rings (SSSR count). The highest BCUT2D eigenvalue weighted by Crippen LogP contribution is 2.24. The average Bonchev–Trinajstić information content (AvgIpc) is 2.87. The van der Waals surface area contributed by atoms with E-state index in [9.17, 15) is 4.79 Å². The van der Waals surface area contributed by atoms with Crippen LogP contribution in [0.2, 0.25) is 0 Å². The van der Waals surface area contributed by atoms with Crippen LogP contribution >= 0.6 is 12.4 Å². The van der Waals surface area contributed by atoms with Crippen LogP contribution < -0.4 is 11.1 Å². The SMILES string of the molecule is CC(C)(C)c1ccc(NC(=O)[C@@H]2CC[C@H](CN)O2)cc1.Cl. The standard InChI is InChI=1S/C16H24N2O2.ClH/c1-16(2,3)11-4-6-12(7-5-11)18-15(19)14-9-8-13(10-17)20-14;/h4-7,13-14H,8-10,17H2,1-3H3,(H,18,19);1H/t13-,14+;/m1./s1. The van der Waals surface area contributed by atoms with E-state index in [4.69, 9.17) is 10.5 Å². The van der Waals surface area contributed by atoms with Crippen molar-refractivity contribution in [2.75, 3.05) is 11.9 Å². The van der Waals surface area contributed by atoms with Crippen LogP contribution in [0.5, 0.6) is 0 Å². The minimum absolute atomic E-state index is 0. The number of rotatable bonds is 3. The van der Waals surface area contributed by atoms with Crippen LogP contribution in [0.3, 0.4) is 0 Å². The number of halogens is 1. The van der Waals surface area contributed by atoms with Crippen molar-refractivity contribution in [2.24, 2.45) is 5.73 Å². The van der Waals surface area contributed by atoms with Crippen LogP contribution in [0, 0.1) is 0 Å². The summed E-state index contributed by atoms with van der Waals surface area (Å²) >= 11 is 0. The van der Waals surface area contributed by atoms with Gasteiger partial charge in [0.05, 0.1) is 6.10 Å². The molecule has 118 valence electrons. The predicted molar refractivity (Wildman–Crippen MR) is 88.0 cm³/mol. The maximum Gasteiger partial charge on any atom is 0.253 e. The molecule has 0 spiro atoms. The summed E-state index contributed by atoms with van der Waals surface area (Å²) in [5.74, 6) is -0.0792. The Balaban J connectivity index is 0.00000220. The summed E-state index contributed by atoms with van der Waals surface area (Å²) < 4.78 is 5.59. The smallest absolute Gasteiger partial charge is 0.253 e. The van der Waals surface area contributed by atoms with Crippen LogP contribution in [0.4, 0.5) is 5.69 Å². The first-order valence-electron chi connectivity index (χ1n) is 7.17. The number of hydrogen-bond donors (Lipinski definition) is 2. The van der Waals surface area contributed by atoms with Crippen molar-refractivity contribution in [3.05, 3.63) is 29.8 Å². The van der Waals surface area contributed by atoms with Gasteiger partial charge in [0.15, 0.2) is 0 Å². The number of benzene rings is 1. The average molecular weight is 313 g/mol. The van der Waals surface area contributed by atoms with E-state index < -0.39 is 0 Å². The largest absolute Gasteiger partial charge is 0.364 e. The Hall–Kier alpha value is -1.10. The van der Waals surface area contributed by atoms with Gasteiger partial charge in [-0.3, -0.25) is 4.79 Å². The molecule has 3 N–H and O–H groups in total. The second-order valence-electron chi connectivity index (χ2n) is 6.38. The maximum absolute atomic E-state index is 12.1. The monoisotopic (exact) mass is 312 g/mol. The Bertz CT molecular complexity index is 468. The lowest BCUT2D eigenvalue weighted by Gasteiger charge is -2.19. The van der Waals surface area contributed by atoms with E-state index in [1.807, 2.05) is 24.3 Å². The maximum atomic E-state index is 12.1. The molecular weight excluding hydrogens is 288 g/mol. The zero-order valence-electron chi connectivity index (χ0n) is 12.9. The molecule has 0 aliphatic carbocycles. The number of amides is 1.